The SMILES string of the molecule is CC1(C)CC(O)(C(F)(F)F)C(Nc2cccc3c2ccc(=O)n3-c2cccc(F)c2)c2cccc(O)c21. The Morgan fingerprint density at radius 2 is 1.70 bits per heavy atom. The number of nitrogens with one attached hydrogen (secondary N) is 1. The molecule has 1 aromatic heterocycles. The molecule has 37 heavy (non-hydrogen) atoms. The molecule has 0 fully saturated rings. The van der Waals surface area contributed by atoms with Crippen molar-refractivity contribution in [2.45, 2.75) is 43.5 Å². The molecule has 0 saturated heterocycles. The molecule has 0 aliphatic heterocycles. The van der Waals surface area contributed by atoms with Gasteiger partial charge in [-0.3, -0.25) is 9.36 Å². The van der Waals surface area contributed by atoms with E-state index in [9.17, 15) is 32.6 Å². The van der Waals surface area contributed by atoms with E-state index in [1.807, 2.05) is 0 Å². The normalized spacial score (nSPS) is 21.0. The highest BCUT2D eigenvalue weighted by atomic mass is 19.4. The van der Waals surface area contributed by atoms with Gasteiger partial charge in [-0.25, -0.2) is 4.39 Å². The zero-order valence-corrected chi connectivity index (χ0v) is 20.0. The van der Waals surface area contributed by atoms with Gasteiger partial charge >= 0.3 is 6.18 Å². The topological polar surface area (TPSA) is 74.5 Å². The summed E-state index contributed by atoms with van der Waals surface area (Å²) >= 11 is 0. The Bertz CT molecular complexity index is 1580. The molecule has 0 radical (unpaired) electrons. The molecule has 2 unspecified atom stereocenters. The van der Waals surface area contributed by atoms with Crippen LogP contribution in [0, 0.1) is 5.82 Å². The number of benzene rings is 3. The first kappa shape index (κ1) is 24.8. The summed E-state index contributed by atoms with van der Waals surface area (Å²) in [6.07, 6.45) is -5.69. The minimum absolute atomic E-state index is 0.117. The average molecular weight is 513 g/mol. The number of pyridine rings is 1. The third-order valence-electron chi connectivity index (χ3n) is 7.05. The molecule has 5 rings (SSSR count). The van der Waals surface area contributed by atoms with Crippen LogP contribution in [-0.4, -0.2) is 26.6 Å². The molecule has 2 atom stereocenters. The monoisotopic (exact) mass is 512 g/mol. The number of anilines is 1. The summed E-state index contributed by atoms with van der Waals surface area (Å²) in [7, 11) is 0. The molecule has 192 valence electrons. The number of hydrogen-bond acceptors (Lipinski definition) is 4. The van der Waals surface area contributed by atoms with Gasteiger partial charge in [0.1, 0.15) is 11.6 Å². The van der Waals surface area contributed by atoms with E-state index in [-0.39, 0.29) is 22.7 Å². The lowest BCUT2D eigenvalue weighted by Gasteiger charge is -2.49. The molecule has 0 amide bonds. The number of aliphatic hydroxyl groups is 1. The van der Waals surface area contributed by atoms with E-state index in [1.165, 1.54) is 53.1 Å². The highest BCUT2D eigenvalue weighted by Crippen LogP contribution is 2.56. The number of hydrogen-bond donors (Lipinski definition) is 3. The number of phenols is 1. The zero-order valence-electron chi connectivity index (χ0n) is 20.0. The van der Waals surface area contributed by atoms with Gasteiger partial charge in [0.2, 0.25) is 0 Å². The number of rotatable bonds is 3. The molecule has 0 bridgehead atoms. The van der Waals surface area contributed by atoms with E-state index in [2.05, 4.69) is 5.32 Å². The van der Waals surface area contributed by atoms with Crippen LogP contribution in [0.15, 0.2) is 77.6 Å². The number of nitrogens with zero attached hydrogens (tertiary/aromatic N) is 1. The Balaban J connectivity index is 1.73. The first-order valence-electron chi connectivity index (χ1n) is 11.6. The lowest BCUT2D eigenvalue weighted by atomic mass is 9.63. The molecule has 1 heterocycles. The fourth-order valence-corrected chi connectivity index (χ4v) is 5.55. The standard InChI is InChI=1S/C28H24F4N2O3/c1-26(2)15-27(37,28(30,31)32)25(19-8-4-11-22(35)24(19)26)33-20-9-5-10-21-18(20)12-13-23(36)34(21)17-7-3-6-16(29)14-17/h3-14,25,33,35,37H,15H2,1-2H3. The van der Waals surface area contributed by atoms with Gasteiger partial charge in [-0.15, -0.1) is 0 Å². The summed E-state index contributed by atoms with van der Waals surface area (Å²) in [6, 6.07) is 15.5. The molecular weight excluding hydrogens is 488 g/mol. The van der Waals surface area contributed by atoms with E-state index < -0.39 is 41.0 Å². The van der Waals surface area contributed by atoms with E-state index >= 15 is 0 Å². The van der Waals surface area contributed by atoms with Crippen molar-refractivity contribution in [3.8, 4) is 11.4 Å². The maximum absolute atomic E-state index is 14.5. The van der Waals surface area contributed by atoms with Crippen molar-refractivity contribution in [2.75, 3.05) is 5.32 Å². The summed E-state index contributed by atoms with van der Waals surface area (Å²) in [4.78, 5) is 12.8. The maximum atomic E-state index is 14.5. The van der Waals surface area contributed by atoms with Crippen LogP contribution in [0.1, 0.15) is 37.4 Å². The van der Waals surface area contributed by atoms with Crippen molar-refractivity contribution in [1.82, 2.24) is 4.57 Å². The molecule has 1 aliphatic rings. The predicted octanol–water partition coefficient (Wildman–Crippen LogP) is 5.96. The van der Waals surface area contributed by atoms with Crippen LogP contribution in [0.2, 0.25) is 0 Å². The minimum atomic E-state index is -5.00. The van der Waals surface area contributed by atoms with Crippen LogP contribution in [0.3, 0.4) is 0 Å². The smallest absolute Gasteiger partial charge is 0.419 e. The molecule has 3 N–H and O–H groups in total. The highest BCUT2D eigenvalue weighted by Gasteiger charge is 2.64. The first-order valence-corrected chi connectivity index (χ1v) is 11.6. The van der Waals surface area contributed by atoms with Gasteiger partial charge in [-0.05, 0) is 59.9 Å². The maximum Gasteiger partial charge on any atom is 0.419 e. The predicted molar refractivity (Wildman–Crippen MR) is 133 cm³/mol. The Labute approximate surface area is 209 Å². The molecule has 4 aromatic rings. The number of phenolic OH excluding ortho intramolecular Hbond substituents is 1. The molecule has 9 heteroatoms. The fraction of sp³-hybridized carbons (Fsp3) is 0.250. The average Bonchev–Trinajstić information content (AvgIpc) is 2.80. The van der Waals surface area contributed by atoms with Gasteiger partial charge in [0.15, 0.2) is 5.60 Å². The van der Waals surface area contributed by atoms with E-state index in [1.54, 1.807) is 38.1 Å². The van der Waals surface area contributed by atoms with Crippen LogP contribution in [0.4, 0.5) is 23.2 Å². The molecular formula is C28H24F4N2O3. The van der Waals surface area contributed by atoms with Crippen LogP contribution < -0.4 is 10.9 Å². The quantitative estimate of drug-likeness (QED) is 0.296. The fourth-order valence-electron chi connectivity index (χ4n) is 5.55. The van der Waals surface area contributed by atoms with Crippen molar-refractivity contribution >= 4 is 16.6 Å². The third-order valence-corrected chi connectivity index (χ3v) is 7.05. The Morgan fingerprint density at radius 3 is 2.41 bits per heavy atom. The second-order valence-corrected chi connectivity index (χ2v) is 10.0. The van der Waals surface area contributed by atoms with E-state index in [4.69, 9.17) is 0 Å². The Hall–Kier alpha value is -3.85. The van der Waals surface area contributed by atoms with Crippen molar-refractivity contribution < 1.29 is 27.8 Å². The van der Waals surface area contributed by atoms with Gasteiger partial charge in [-0.2, -0.15) is 13.2 Å². The zero-order chi connectivity index (χ0) is 26.8. The second kappa shape index (κ2) is 8.34. The number of fused-ring (bicyclic) bond motifs is 2. The summed E-state index contributed by atoms with van der Waals surface area (Å²) in [5, 5.41) is 25.1. The van der Waals surface area contributed by atoms with Gasteiger partial charge < -0.3 is 15.5 Å². The van der Waals surface area contributed by atoms with Crippen molar-refractivity contribution in [2.24, 2.45) is 0 Å². The molecule has 0 saturated carbocycles. The van der Waals surface area contributed by atoms with Crippen molar-refractivity contribution in [1.29, 1.82) is 0 Å². The number of halogens is 4. The number of alkyl halides is 3. The van der Waals surface area contributed by atoms with E-state index in [0.29, 0.717) is 16.5 Å². The Kier molecular flexibility index (Phi) is 5.60. The largest absolute Gasteiger partial charge is 0.508 e. The summed E-state index contributed by atoms with van der Waals surface area (Å²) in [5.41, 5.74) is -3.54. The third kappa shape index (κ3) is 3.94. The lowest BCUT2D eigenvalue weighted by molar-refractivity contribution is -0.275. The van der Waals surface area contributed by atoms with Gasteiger partial charge in [0, 0.05) is 22.7 Å². The summed E-state index contributed by atoms with van der Waals surface area (Å²) < 4.78 is 58.6. The number of aromatic hydroxyl groups is 1. The summed E-state index contributed by atoms with van der Waals surface area (Å²) in [6.45, 7) is 3.10. The first-order chi connectivity index (χ1) is 17.3. The van der Waals surface area contributed by atoms with Gasteiger partial charge in [0.05, 0.1) is 17.2 Å². The van der Waals surface area contributed by atoms with E-state index in [0.717, 1.165) is 0 Å². The van der Waals surface area contributed by atoms with Crippen LogP contribution >= 0.6 is 0 Å². The number of aromatic nitrogens is 1. The van der Waals surface area contributed by atoms with Crippen LogP contribution in [-0.2, 0) is 5.41 Å². The second-order valence-electron chi connectivity index (χ2n) is 10.0. The summed E-state index contributed by atoms with van der Waals surface area (Å²) in [5.74, 6) is -0.705. The van der Waals surface area contributed by atoms with Crippen LogP contribution in [0.25, 0.3) is 16.6 Å². The minimum Gasteiger partial charge on any atom is -0.508 e. The van der Waals surface area contributed by atoms with Crippen molar-refractivity contribution in [3.63, 3.8) is 0 Å². The Morgan fingerprint density at radius 1 is 1.00 bits per heavy atom. The van der Waals surface area contributed by atoms with Crippen molar-refractivity contribution in [3.05, 3.63) is 100 Å². The molecule has 1 aliphatic carbocycles. The molecule has 0 spiro atoms. The van der Waals surface area contributed by atoms with Gasteiger partial charge in [-0.1, -0.05) is 38.1 Å². The lowest BCUT2D eigenvalue weighted by Crippen LogP contribution is -2.58. The van der Waals surface area contributed by atoms with Gasteiger partial charge in [0.25, 0.3) is 5.56 Å². The molecule has 5 nitrogen and oxygen atoms in total. The highest BCUT2D eigenvalue weighted by molar-refractivity contribution is 5.92. The molecule has 3 aromatic carbocycles. The van der Waals surface area contributed by atoms with Crippen LogP contribution in [0.5, 0.6) is 5.75 Å².